The molecule has 0 aromatic carbocycles. The van der Waals surface area contributed by atoms with E-state index in [1.807, 2.05) is 0 Å². The van der Waals surface area contributed by atoms with Gasteiger partial charge in [0.15, 0.2) is 0 Å². The number of aryl methyl sites for hydroxylation is 1. The van der Waals surface area contributed by atoms with Crippen LogP contribution in [-0.4, -0.2) is 15.5 Å². The van der Waals surface area contributed by atoms with Crippen LogP contribution in [0.25, 0.3) is 10.4 Å². The van der Waals surface area contributed by atoms with Crippen LogP contribution in [0.4, 0.5) is 0 Å². The summed E-state index contributed by atoms with van der Waals surface area (Å²) in [4.78, 5) is 38.0. The van der Waals surface area contributed by atoms with Crippen molar-refractivity contribution in [2.45, 2.75) is 13.5 Å². The largest absolute Gasteiger partial charge is 0.328 e. The Hall–Kier alpha value is -2.34. The summed E-state index contributed by atoms with van der Waals surface area (Å²) >= 11 is 0. The second kappa shape index (κ2) is 4.25. The van der Waals surface area contributed by atoms with Crippen molar-refractivity contribution in [2.75, 3.05) is 0 Å². The highest BCUT2D eigenvalue weighted by Crippen LogP contribution is 1.83. The minimum Gasteiger partial charge on any atom is -0.311 e. The van der Waals surface area contributed by atoms with Gasteiger partial charge in [0, 0.05) is 16.7 Å². The Kier molecular flexibility index (Phi) is 3.04. The highest BCUT2D eigenvalue weighted by molar-refractivity contribution is 5.76. The number of nitrogens with zero attached hydrogens (tertiary/aromatic N) is 4. The van der Waals surface area contributed by atoms with Crippen LogP contribution in [-0.2, 0) is 11.3 Å². The predicted octanol–water partition coefficient (Wildman–Crippen LogP) is -0.318. The molecular weight excluding hydrogens is 202 g/mol. The summed E-state index contributed by atoms with van der Waals surface area (Å²) < 4.78 is 0.657. The van der Waals surface area contributed by atoms with Crippen LogP contribution in [0.3, 0.4) is 0 Å². The number of azide groups is 1. The maximum Gasteiger partial charge on any atom is 0.328 e. The Morgan fingerprint density at radius 3 is 2.87 bits per heavy atom. The van der Waals surface area contributed by atoms with Crippen LogP contribution in [0, 0.1) is 6.92 Å². The zero-order chi connectivity index (χ0) is 11.4. The molecule has 0 aliphatic heterocycles. The average molecular weight is 209 g/mol. The summed E-state index contributed by atoms with van der Waals surface area (Å²) in [7, 11) is 0. The molecule has 0 saturated carbocycles. The van der Waals surface area contributed by atoms with Crippen molar-refractivity contribution in [3.8, 4) is 0 Å². The third kappa shape index (κ3) is 2.55. The van der Waals surface area contributed by atoms with Crippen molar-refractivity contribution in [2.24, 2.45) is 5.11 Å². The van der Waals surface area contributed by atoms with E-state index in [-0.39, 0.29) is 0 Å². The van der Waals surface area contributed by atoms with Gasteiger partial charge >= 0.3 is 5.69 Å². The highest BCUT2D eigenvalue weighted by atomic mass is 16.2. The molecule has 8 nitrogen and oxygen atoms in total. The Labute approximate surface area is 82.8 Å². The lowest BCUT2D eigenvalue weighted by Crippen LogP contribution is -2.36. The van der Waals surface area contributed by atoms with Gasteiger partial charge in [0.25, 0.3) is 5.56 Å². The molecule has 0 aliphatic rings. The Morgan fingerprint density at radius 1 is 1.67 bits per heavy atom. The molecule has 1 amide bonds. The van der Waals surface area contributed by atoms with Crippen molar-refractivity contribution < 1.29 is 4.79 Å². The minimum absolute atomic E-state index is 0.400. The van der Waals surface area contributed by atoms with E-state index in [9.17, 15) is 14.4 Å². The third-order valence-electron chi connectivity index (χ3n) is 1.60. The summed E-state index contributed by atoms with van der Waals surface area (Å²) in [5, 5.41) is 2.75. The van der Waals surface area contributed by atoms with Gasteiger partial charge in [-0.15, -0.1) is 0 Å². The van der Waals surface area contributed by atoms with Crippen LogP contribution in [0.15, 0.2) is 20.8 Å². The summed E-state index contributed by atoms with van der Waals surface area (Å²) in [5.41, 5.74) is 7.04. The Balaban J connectivity index is 3.17. The second-order valence-corrected chi connectivity index (χ2v) is 2.77. The summed E-state index contributed by atoms with van der Waals surface area (Å²) in [5.74, 6) is -0.894. The molecule has 0 radical (unpaired) electrons. The number of rotatable bonds is 2. The maximum atomic E-state index is 11.3. The number of carbonyl (C=O) groups excluding carboxylic acids is 1. The number of carbonyl (C=O) groups is 1. The van der Waals surface area contributed by atoms with Crippen molar-refractivity contribution in [1.29, 1.82) is 0 Å². The molecule has 1 heterocycles. The first-order valence-electron chi connectivity index (χ1n) is 3.93. The molecule has 1 rings (SSSR count). The van der Waals surface area contributed by atoms with Gasteiger partial charge in [-0.05, 0) is 17.6 Å². The monoisotopic (exact) mass is 209 g/mol. The molecule has 1 aromatic heterocycles. The van der Waals surface area contributed by atoms with E-state index in [1.165, 1.54) is 6.07 Å². The minimum atomic E-state index is -0.894. The van der Waals surface area contributed by atoms with Crippen LogP contribution >= 0.6 is 0 Å². The number of hydrogen-bond acceptors (Lipinski definition) is 3. The Bertz CT molecular complexity index is 517. The number of hydrogen-bond donors (Lipinski definition) is 1. The van der Waals surface area contributed by atoms with E-state index >= 15 is 0 Å². The summed E-state index contributed by atoms with van der Waals surface area (Å²) in [6.07, 6.45) is 0. The average Bonchev–Trinajstić information content (AvgIpc) is 2.11. The smallest absolute Gasteiger partial charge is 0.311 e. The van der Waals surface area contributed by atoms with E-state index in [1.54, 1.807) is 6.92 Å². The van der Waals surface area contributed by atoms with Gasteiger partial charge in [0.1, 0.15) is 0 Å². The van der Waals surface area contributed by atoms with Gasteiger partial charge in [-0.1, -0.05) is 0 Å². The van der Waals surface area contributed by atoms with Crippen LogP contribution < -0.4 is 11.2 Å². The number of aromatic amines is 1. The van der Waals surface area contributed by atoms with Gasteiger partial charge in [-0.3, -0.25) is 14.2 Å². The third-order valence-corrected chi connectivity index (χ3v) is 1.60. The molecule has 0 fully saturated rings. The molecule has 1 aromatic rings. The lowest BCUT2D eigenvalue weighted by atomic mass is 10.4. The predicted molar refractivity (Wildman–Crippen MR) is 50.2 cm³/mol. The van der Waals surface area contributed by atoms with Gasteiger partial charge in [0.05, 0.1) is 6.54 Å². The van der Waals surface area contributed by atoms with Crippen molar-refractivity contribution >= 4 is 5.91 Å². The molecule has 0 spiro atoms. The Morgan fingerprint density at radius 2 is 2.33 bits per heavy atom. The first-order chi connectivity index (χ1) is 7.04. The molecule has 78 valence electrons. The first kappa shape index (κ1) is 10.7. The van der Waals surface area contributed by atoms with Crippen LogP contribution in [0.1, 0.15) is 5.69 Å². The second-order valence-electron chi connectivity index (χ2n) is 2.77. The van der Waals surface area contributed by atoms with Gasteiger partial charge in [-0.25, -0.2) is 4.79 Å². The number of nitrogens with one attached hydrogen (secondary N) is 1. The lowest BCUT2D eigenvalue weighted by Gasteiger charge is -2.00. The molecule has 15 heavy (non-hydrogen) atoms. The quantitative estimate of drug-likeness (QED) is 0.408. The molecule has 0 aliphatic carbocycles. The first-order valence-corrected chi connectivity index (χ1v) is 3.93. The summed E-state index contributed by atoms with van der Waals surface area (Å²) in [6.45, 7) is 0.987. The van der Waals surface area contributed by atoms with Crippen molar-refractivity contribution in [1.82, 2.24) is 9.55 Å². The standard InChI is InChI=1S/C7H7N5O3/c1-4-2-6(14)12(7(15)9-4)3-5(13)10-11-8/h2H,3H2,1H3,(H,9,15). The zero-order valence-electron chi connectivity index (χ0n) is 7.80. The number of H-pyrrole nitrogens is 1. The summed E-state index contributed by atoms with van der Waals surface area (Å²) in [6, 6.07) is 1.17. The number of aromatic nitrogens is 2. The van der Waals surface area contributed by atoms with Gasteiger partial charge in [-0.2, -0.15) is 0 Å². The highest BCUT2D eigenvalue weighted by Gasteiger charge is 2.06. The zero-order valence-corrected chi connectivity index (χ0v) is 7.80. The molecule has 1 N–H and O–H groups in total. The normalized spacial score (nSPS) is 9.40. The molecular formula is C7H7N5O3. The van der Waals surface area contributed by atoms with E-state index in [4.69, 9.17) is 5.53 Å². The molecule has 0 saturated heterocycles. The van der Waals surface area contributed by atoms with E-state index in [2.05, 4.69) is 15.0 Å². The van der Waals surface area contributed by atoms with Crippen molar-refractivity contribution in [3.05, 3.63) is 43.0 Å². The maximum absolute atomic E-state index is 11.3. The molecule has 0 unspecified atom stereocenters. The topological polar surface area (TPSA) is 121 Å². The van der Waals surface area contributed by atoms with Crippen LogP contribution in [0.2, 0.25) is 0 Å². The molecule has 0 atom stereocenters. The fourth-order valence-electron chi connectivity index (χ4n) is 1.00. The number of amides is 1. The molecule has 0 bridgehead atoms. The molecule has 8 heteroatoms. The fraction of sp³-hybridized carbons (Fsp3) is 0.286. The SMILES string of the molecule is Cc1cc(=O)n(CC(=O)N=[N+]=[N-])c(=O)[nH]1. The van der Waals surface area contributed by atoms with Crippen molar-refractivity contribution in [3.63, 3.8) is 0 Å². The van der Waals surface area contributed by atoms with E-state index < -0.39 is 23.7 Å². The van der Waals surface area contributed by atoms with E-state index in [0.29, 0.717) is 10.3 Å². The van der Waals surface area contributed by atoms with Crippen LogP contribution in [0.5, 0.6) is 0 Å². The van der Waals surface area contributed by atoms with Gasteiger partial charge in [0.2, 0.25) is 5.91 Å². The lowest BCUT2D eigenvalue weighted by molar-refractivity contribution is -0.118. The fourth-order valence-corrected chi connectivity index (χ4v) is 1.00. The van der Waals surface area contributed by atoms with Gasteiger partial charge < -0.3 is 4.98 Å². The van der Waals surface area contributed by atoms with E-state index in [0.717, 1.165) is 0 Å².